The van der Waals surface area contributed by atoms with E-state index in [9.17, 15) is 12.8 Å². The van der Waals surface area contributed by atoms with Crippen molar-refractivity contribution in [3.63, 3.8) is 0 Å². The molecule has 0 atom stereocenters. The molecule has 0 bridgehead atoms. The van der Waals surface area contributed by atoms with Gasteiger partial charge in [-0.05, 0) is 37.3 Å². The van der Waals surface area contributed by atoms with Crippen molar-refractivity contribution in [2.45, 2.75) is 18.4 Å². The van der Waals surface area contributed by atoms with E-state index in [4.69, 9.17) is 5.73 Å². The number of thiophene rings is 1. The molecular weight excluding hydrogens is 287 g/mol. The Morgan fingerprint density at radius 1 is 1.32 bits per heavy atom. The lowest BCUT2D eigenvalue weighted by Gasteiger charge is -2.06. The predicted octanol–water partition coefficient (Wildman–Crippen LogP) is 2.26. The zero-order valence-corrected chi connectivity index (χ0v) is 11.8. The van der Waals surface area contributed by atoms with Crippen molar-refractivity contribution >= 4 is 27.0 Å². The maximum atomic E-state index is 13.3. The number of hydrogen-bond donors (Lipinski definition) is 2. The first-order valence-corrected chi connectivity index (χ1v) is 7.78. The van der Waals surface area contributed by atoms with Crippen molar-refractivity contribution in [1.82, 2.24) is 4.72 Å². The van der Waals surface area contributed by atoms with Crippen LogP contribution in [0.4, 0.5) is 10.1 Å². The second-order valence-electron chi connectivity index (χ2n) is 4.02. The number of nitrogens with two attached hydrogens (primary N) is 1. The third-order valence-corrected chi connectivity index (χ3v) is 4.91. The van der Waals surface area contributed by atoms with Crippen LogP contribution >= 0.6 is 11.3 Å². The molecule has 102 valence electrons. The van der Waals surface area contributed by atoms with Gasteiger partial charge in [0.25, 0.3) is 0 Å². The number of nitrogens with one attached hydrogen (secondary N) is 1. The van der Waals surface area contributed by atoms with E-state index in [1.807, 2.05) is 19.1 Å². The van der Waals surface area contributed by atoms with Crippen molar-refractivity contribution < 1.29 is 12.8 Å². The molecule has 2 aromatic rings. The van der Waals surface area contributed by atoms with E-state index in [-0.39, 0.29) is 17.1 Å². The Hall–Kier alpha value is -1.44. The van der Waals surface area contributed by atoms with Gasteiger partial charge in [0.1, 0.15) is 5.82 Å². The monoisotopic (exact) mass is 300 g/mol. The maximum Gasteiger partial charge on any atom is 0.241 e. The van der Waals surface area contributed by atoms with E-state index in [1.165, 1.54) is 23.5 Å². The summed E-state index contributed by atoms with van der Waals surface area (Å²) in [4.78, 5) is 1.87. The first-order chi connectivity index (χ1) is 8.88. The van der Waals surface area contributed by atoms with Gasteiger partial charge in [0.2, 0.25) is 10.0 Å². The van der Waals surface area contributed by atoms with Gasteiger partial charge >= 0.3 is 0 Å². The molecular formula is C12H13FN2O2S2. The minimum absolute atomic E-state index is 0.0761. The largest absolute Gasteiger partial charge is 0.396 e. The molecule has 0 radical (unpaired) electrons. The third-order valence-electron chi connectivity index (χ3n) is 2.51. The summed E-state index contributed by atoms with van der Waals surface area (Å²) in [5.41, 5.74) is 5.24. The van der Waals surface area contributed by atoms with E-state index in [0.29, 0.717) is 0 Å². The molecule has 0 unspecified atom stereocenters. The van der Waals surface area contributed by atoms with Crippen molar-refractivity contribution in [3.05, 3.63) is 45.9 Å². The number of benzene rings is 1. The standard InChI is InChI=1S/C12H13FN2O2S2/c1-8-2-3-9(18-8)7-15-19(16,17)10-4-5-12(14)11(13)6-10/h2-6,15H,7,14H2,1H3. The zero-order chi connectivity index (χ0) is 14.0. The lowest BCUT2D eigenvalue weighted by molar-refractivity contribution is 0.578. The molecule has 0 aliphatic carbocycles. The minimum Gasteiger partial charge on any atom is -0.396 e. The molecule has 0 saturated heterocycles. The lowest BCUT2D eigenvalue weighted by Crippen LogP contribution is -2.23. The van der Waals surface area contributed by atoms with Crippen LogP contribution in [0, 0.1) is 12.7 Å². The molecule has 19 heavy (non-hydrogen) atoms. The first-order valence-electron chi connectivity index (χ1n) is 5.48. The summed E-state index contributed by atoms with van der Waals surface area (Å²) in [6.45, 7) is 2.13. The van der Waals surface area contributed by atoms with Crippen molar-refractivity contribution in [3.8, 4) is 0 Å². The highest BCUT2D eigenvalue weighted by atomic mass is 32.2. The number of hydrogen-bond acceptors (Lipinski definition) is 4. The normalized spacial score (nSPS) is 11.7. The quantitative estimate of drug-likeness (QED) is 0.851. The van der Waals surface area contributed by atoms with Gasteiger partial charge < -0.3 is 5.73 Å². The van der Waals surface area contributed by atoms with Gasteiger partial charge in [0, 0.05) is 16.3 Å². The molecule has 0 saturated carbocycles. The summed E-state index contributed by atoms with van der Waals surface area (Å²) >= 11 is 1.51. The van der Waals surface area contributed by atoms with Gasteiger partial charge in [-0.15, -0.1) is 11.3 Å². The van der Waals surface area contributed by atoms with Crippen LogP contribution in [0.1, 0.15) is 9.75 Å². The fourth-order valence-corrected chi connectivity index (χ4v) is 3.44. The molecule has 0 aliphatic heterocycles. The molecule has 3 N–H and O–H groups in total. The fourth-order valence-electron chi connectivity index (χ4n) is 1.50. The van der Waals surface area contributed by atoms with Gasteiger partial charge in [0.15, 0.2) is 0 Å². The van der Waals surface area contributed by atoms with Gasteiger partial charge in [-0.3, -0.25) is 0 Å². The van der Waals surface area contributed by atoms with Crippen LogP contribution in [0.3, 0.4) is 0 Å². The highest BCUT2D eigenvalue weighted by molar-refractivity contribution is 7.89. The zero-order valence-electron chi connectivity index (χ0n) is 10.2. The second-order valence-corrected chi connectivity index (χ2v) is 7.16. The molecule has 4 nitrogen and oxygen atoms in total. The Labute approximate surface area is 115 Å². The van der Waals surface area contributed by atoms with Crippen molar-refractivity contribution in [1.29, 1.82) is 0 Å². The minimum atomic E-state index is -3.73. The lowest BCUT2D eigenvalue weighted by atomic mass is 10.3. The Morgan fingerprint density at radius 2 is 2.05 bits per heavy atom. The molecule has 1 aromatic heterocycles. The van der Waals surface area contributed by atoms with Gasteiger partial charge in [-0.2, -0.15) is 0 Å². The Bertz CT molecular complexity index is 696. The van der Waals surface area contributed by atoms with E-state index in [1.54, 1.807) is 0 Å². The smallest absolute Gasteiger partial charge is 0.241 e. The Kier molecular flexibility index (Phi) is 3.88. The predicted molar refractivity (Wildman–Crippen MR) is 73.9 cm³/mol. The summed E-state index contributed by atoms with van der Waals surface area (Å²) in [6, 6.07) is 7.19. The van der Waals surface area contributed by atoms with Crippen LogP contribution < -0.4 is 10.5 Å². The van der Waals surface area contributed by atoms with Crippen LogP contribution in [0.5, 0.6) is 0 Å². The number of halogens is 1. The molecule has 0 fully saturated rings. The van der Waals surface area contributed by atoms with Gasteiger partial charge in [0.05, 0.1) is 10.6 Å². The summed E-state index contributed by atoms with van der Waals surface area (Å²) in [5, 5.41) is 0. The van der Waals surface area contributed by atoms with Crippen LogP contribution in [-0.4, -0.2) is 8.42 Å². The van der Waals surface area contributed by atoms with E-state index >= 15 is 0 Å². The molecule has 0 aliphatic rings. The molecule has 2 rings (SSSR count). The molecule has 1 aromatic carbocycles. The van der Waals surface area contributed by atoms with Crippen LogP contribution in [0.2, 0.25) is 0 Å². The Morgan fingerprint density at radius 3 is 2.63 bits per heavy atom. The summed E-state index contributed by atoms with van der Waals surface area (Å²) in [6.07, 6.45) is 0. The van der Waals surface area contributed by atoms with Gasteiger partial charge in [-0.1, -0.05) is 0 Å². The average Bonchev–Trinajstić information content (AvgIpc) is 2.76. The second kappa shape index (κ2) is 5.28. The average molecular weight is 300 g/mol. The molecule has 0 spiro atoms. The highest BCUT2D eigenvalue weighted by Gasteiger charge is 2.15. The topological polar surface area (TPSA) is 72.2 Å². The van der Waals surface area contributed by atoms with Gasteiger partial charge in [-0.25, -0.2) is 17.5 Å². The van der Waals surface area contributed by atoms with Crippen LogP contribution in [0.25, 0.3) is 0 Å². The van der Waals surface area contributed by atoms with E-state index < -0.39 is 15.8 Å². The SMILES string of the molecule is Cc1ccc(CNS(=O)(=O)c2ccc(N)c(F)c2)s1. The molecule has 7 heteroatoms. The highest BCUT2D eigenvalue weighted by Crippen LogP contribution is 2.18. The molecule has 1 heterocycles. The Balaban J connectivity index is 2.16. The number of anilines is 1. The van der Waals surface area contributed by atoms with Crippen molar-refractivity contribution in [2.75, 3.05) is 5.73 Å². The number of nitrogen functional groups attached to an aromatic ring is 1. The summed E-state index contributed by atoms with van der Waals surface area (Å²) < 4.78 is 39.6. The van der Waals surface area contributed by atoms with Crippen LogP contribution in [0.15, 0.2) is 35.2 Å². The maximum absolute atomic E-state index is 13.3. The van der Waals surface area contributed by atoms with Crippen LogP contribution in [-0.2, 0) is 16.6 Å². The summed E-state index contributed by atoms with van der Waals surface area (Å²) in [5.74, 6) is -0.741. The fraction of sp³-hybridized carbons (Fsp3) is 0.167. The van der Waals surface area contributed by atoms with Crippen molar-refractivity contribution in [2.24, 2.45) is 0 Å². The van der Waals surface area contributed by atoms with E-state index in [0.717, 1.165) is 15.8 Å². The third kappa shape index (κ3) is 3.31. The number of rotatable bonds is 4. The summed E-state index contributed by atoms with van der Waals surface area (Å²) in [7, 11) is -3.73. The molecule has 0 amide bonds. The number of aryl methyl sites for hydroxylation is 1. The first kappa shape index (κ1) is 14.0. The van der Waals surface area contributed by atoms with E-state index in [2.05, 4.69) is 4.72 Å². The number of sulfonamides is 1.